The van der Waals surface area contributed by atoms with Crippen LogP contribution in [0.2, 0.25) is 0 Å². The van der Waals surface area contributed by atoms with Crippen LogP contribution in [0.1, 0.15) is 72.1 Å². The van der Waals surface area contributed by atoms with E-state index in [2.05, 4.69) is 0 Å². The van der Waals surface area contributed by atoms with Gasteiger partial charge in [-0.1, -0.05) is 6.92 Å². The van der Waals surface area contributed by atoms with Crippen LogP contribution in [0.25, 0.3) is 0 Å². The summed E-state index contributed by atoms with van der Waals surface area (Å²) in [7, 11) is -3.98. The highest BCUT2D eigenvalue weighted by Gasteiger charge is 2.42. The lowest BCUT2D eigenvalue weighted by Crippen LogP contribution is -2.35. The molecule has 0 spiro atoms. The van der Waals surface area contributed by atoms with Gasteiger partial charge in [-0.05, 0) is 77.0 Å². The molecule has 214 valence electrons. The van der Waals surface area contributed by atoms with Crippen molar-refractivity contribution in [3.05, 3.63) is 0 Å². The zero-order chi connectivity index (χ0) is 27.0. The third-order valence-corrected chi connectivity index (χ3v) is 14.1. The average Bonchev–Trinajstić information content (AvgIpc) is 2.86. The van der Waals surface area contributed by atoms with Crippen molar-refractivity contribution in [2.24, 2.45) is 11.8 Å². The van der Waals surface area contributed by atoms with Crippen molar-refractivity contribution in [2.75, 3.05) is 47.3 Å². The van der Waals surface area contributed by atoms with Crippen molar-refractivity contribution in [3.8, 4) is 0 Å². The molecule has 2 aliphatic rings. The first kappa shape index (κ1) is 32.6. The lowest BCUT2D eigenvalue weighted by Gasteiger charge is -2.39. The first-order chi connectivity index (χ1) is 16.9. The molecular formula is C23H48NO9P3. The fourth-order valence-electron chi connectivity index (χ4n) is 5.26. The van der Waals surface area contributed by atoms with E-state index in [1.54, 1.807) is 0 Å². The maximum absolute atomic E-state index is 14.2. The van der Waals surface area contributed by atoms with Crippen molar-refractivity contribution < 1.29 is 40.8 Å². The predicted octanol–water partition coefficient (Wildman–Crippen LogP) is 6.95. The van der Waals surface area contributed by atoms with E-state index in [9.17, 15) is 13.7 Å². The van der Waals surface area contributed by atoms with Gasteiger partial charge in [-0.15, -0.1) is 0 Å². The topological polar surface area (TPSA) is 110 Å². The van der Waals surface area contributed by atoms with E-state index in [1.165, 1.54) is 28.4 Å². The summed E-state index contributed by atoms with van der Waals surface area (Å²) >= 11 is 0. The van der Waals surface area contributed by atoms with Gasteiger partial charge >= 0.3 is 22.9 Å². The van der Waals surface area contributed by atoms with Gasteiger partial charge in [-0.2, -0.15) is 0 Å². The Kier molecular flexibility index (Phi) is 13.3. The van der Waals surface area contributed by atoms with Crippen molar-refractivity contribution in [3.63, 3.8) is 0 Å². The minimum Gasteiger partial charge on any atom is -0.312 e. The zero-order valence-corrected chi connectivity index (χ0v) is 25.8. The highest BCUT2D eigenvalue weighted by Crippen LogP contribution is 2.58. The second-order valence-electron chi connectivity index (χ2n) is 10.1. The monoisotopic (exact) mass is 575 g/mol. The van der Waals surface area contributed by atoms with E-state index in [0.717, 1.165) is 51.4 Å². The van der Waals surface area contributed by atoms with Crippen LogP contribution in [-0.4, -0.2) is 70.2 Å². The van der Waals surface area contributed by atoms with E-state index in [4.69, 9.17) is 27.1 Å². The molecule has 0 N–H and O–H groups in total. The van der Waals surface area contributed by atoms with Gasteiger partial charge in [0.15, 0.2) is 0 Å². The van der Waals surface area contributed by atoms with Gasteiger partial charge in [0.2, 0.25) is 0 Å². The Hall–Kier alpha value is 0.410. The fraction of sp³-hybridized carbons (Fsp3) is 1.00. The molecule has 0 radical (unpaired) electrons. The van der Waals surface area contributed by atoms with Crippen LogP contribution in [0.3, 0.4) is 0 Å². The third-order valence-electron chi connectivity index (χ3n) is 7.46. The second kappa shape index (κ2) is 14.7. The van der Waals surface area contributed by atoms with E-state index in [0.29, 0.717) is 18.9 Å². The van der Waals surface area contributed by atoms with Crippen LogP contribution >= 0.6 is 22.9 Å². The number of nitrogens with zero attached hydrogens (tertiary/aromatic N) is 1. The Morgan fingerprint density at radius 1 is 0.667 bits per heavy atom. The molecule has 0 heterocycles. The normalized spacial score (nSPS) is 27.9. The smallest absolute Gasteiger partial charge is 0.312 e. The molecule has 0 bridgehead atoms. The van der Waals surface area contributed by atoms with Gasteiger partial charge in [0.25, 0.3) is 0 Å². The Bertz CT molecular complexity index is 726. The highest BCUT2D eigenvalue weighted by molar-refractivity contribution is 7.54. The van der Waals surface area contributed by atoms with Gasteiger partial charge < -0.3 is 18.1 Å². The van der Waals surface area contributed by atoms with Gasteiger partial charge in [-0.25, -0.2) is 9.24 Å². The summed E-state index contributed by atoms with van der Waals surface area (Å²) in [4.78, 5) is 0. The van der Waals surface area contributed by atoms with E-state index < -0.39 is 22.9 Å². The SMILES string of the molecule is CCN(C(C)C)P(=O)(OC1CCC(CP(=O)(OC)OC)CC1)OC1CCC(CP(=O)(OC)OC)CC1. The van der Waals surface area contributed by atoms with Crippen molar-refractivity contribution in [1.82, 2.24) is 4.67 Å². The van der Waals surface area contributed by atoms with Gasteiger partial charge in [-0.3, -0.25) is 18.2 Å². The largest absolute Gasteiger partial charge is 0.408 e. The Balaban J connectivity index is 2.00. The Morgan fingerprint density at radius 2 is 1.00 bits per heavy atom. The summed E-state index contributed by atoms with van der Waals surface area (Å²) < 4.78 is 74.1. The lowest BCUT2D eigenvalue weighted by atomic mass is 9.89. The molecule has 10 nitrogen and oxygen atoms in total. The summed E-state index contributed by atoms with van der Waals surface area (Å²) in [5.74, 6) is 0.433. The summed E-state index contributed by atoms with van der Waals surface area (Å²) in [6.07, 6.45) is 6.50. The molecule has 36 heavy (non-hydrogen) atoms. The maximum atomic E-state index is 14.2. The Labute approximate surface area is 218 Å². The highest BCUT2D eigenvalue weighted by atomic mass is 31.2. The van der Waals surface area contributed by atoms with Gasteiger partial charge in [0.05, 0.1) is 24.5 Å². The van der Waals surface area contributed by atoms with E-state index in [-0.39, 0.29) is 30.1 Å². The van der Waals surface area contributed by atoms with E-state index >= 15 is 0 Å². The van der Waals surface area contributed by atoms with Crippen LogP contribution in [-0.2, 0) is 40.8 Å². The maximum Gasteiger partial charge on any atom is 0.408 e. The van der Waals surface area contributed by atoms with Crippen molar-refractivity contribution in [2.45, 2.75) is 90.4 Å². The average molecular weight is 576 g/mol. The molecule has 0 unspecified atom stereocenters. The molecule has 2 rings (SSSR count). The summed E-state index contributed by atoms with van der Waals surface area (Å²) in [6, 6.07) is -0.00270. The van der Waals surface area contributed by atoms with Crippen molar-refractivity contribution >= 4 is 22.9 Å². The second-order valence-corrected chi connectivity index (χ2v) is 16.6. The van der Waals surface area contributed by atoms with Gasteiger partial charge in [0, 0.05) is 41.0 Å². The summed E-state index contributed by atoms with van der Waals surface area (Å²) in [5.41, 5.74) is 0. The quantitative estimate of drug-likeness (QED) is 0.190. The minimum absolute atomic E-state index is 0.00270. The van der Waals surface area contributed by atoms with Crippen LogP contribution in [0.15, 0.2) is 0 Å². The first-order valence-corrected chi connectivity index (χ1v) is 18.0. The Morgan fingerprint density at radius 3 is 1.25 bits per heavy atom. The lowest BCUT2D eigenvalue weighted by molar-refractivity contribution is 0.0406. The van der Waals surface area contributed by atoms with Crippen molar-refractivity contribution in [1.29, 1.82) is 0 Å². The molecule has 0 aromatic heterocycles. The molecule has 13 heteroatoms. The van der Waals surface area contributed by atoms with Gasteiger partial charge in [0.1, 0.15) is 0 Å². The van der Waals surface area contributed by atoms with Crippen LogP contribution in [0, 0.1) is 11.8 Å². The molecule has 0 aliphatic heterocycles. The molecule has 0 aromatic carbocycles. The standard InChI is InChI=1S/C23H48NO9P3/c1-8-24(19(2)3)36(27,32-22-13-9-20(10-14-22)17-34(25,28-4)29-5)33-23-15-11-21(12-16-23)18-35(26,30-6)31-7/h19-23H,8-18H2,1-7H3. The number of hydrogen-bond acceptors (Lipinski definition) is 9. The summed E-state index contributed by atoms with van der Waals surface area (Å²) in [5, 5.41) is 0. The van der Waals surface area contributed by atoms with Crippen LogP contribution in [0.5, 0.6) is 0 Å². The molecule has 0 saturated heterocycles. The fourth-order valence-corrected chi connectivity index (χ4v) is 10.5. The van der Waals surface area contributed by atoms with Crippen LogP contribution in [0.4, 0.5) is 0 Å². The molecule has 2 aliphatic carbocycles. The number of hydrogen-bond donors (Lipinski definition) is 0. The number of rotatable bonds is 15. The molecule has 0 amide bonds. The molecular weight excluding hydrogens is 527 g/mol. The third kappa shape index (κ3) is 9.26. The molecule has 2 fully saturated rings. The molecule has 0 aromatic rings. The molecule has 2 saturated carbocycles. The van der Waals surface area contributed by atoms with Crippen LogP contribution < -0.4 is 0 Å². The molecule has 0 atom stereocenters. The minimum atomic E-state index is -3.54. The zero-order valence-electron chi connectivity index (χ0n) is 23.1. The first-order valence-electron chi connectivity index (χ1n) is 13.1. The van der Waals surface area contributed by atoms with E-state index in [1.807, 2.05) is 25.4 Å². The predicted molar refractivity (Wildman–Crippen MR) is 142 cm³/mol. The summed E-state index contributed by atoms with van der Waals surface area (Å²) in [6.45, 7) is 6.51.